The van der Waals surface area contributed by atoms with Gasteiger partial charge in [-0.25, -0.2) is 0 Å². The fourth-order valence-corrected chi connectivity index (χ4v) is 2.97. The normalized spacial score (nSPS) is 25.7. The van der Waals surface area contributed by atoms with Gasteiger partial charge in [-0.15, -0.1) is 0 Å². The Kier molecular flexibility index (Phi) is 5.40. The minimum atomic E-state index is -4.11. The van der Waals surface area contributed by atoms with Gasteiger partial charge in [0.25, 0.3) is 0 Å². The van der Waals surface area contributed by atoms with E-state index in [1.54, 1.807) is 0 Å². The molecule has 1 fully saturated rings. The van der Waals surface area contributed by atoms with Gasteiger partial charge in [0.1, 0.15) is 0 Å². The van der Waals surface area contributed by atoms with Crippen LogP contribution in [0.5, 0.6) is 0 Å². The van der Waals surface area contributed by atoms with E-state index in [4.69, 9.17) is 0 Å². The monoisotopic (exact) mass is 256 g/mol. The maximum Gasteiger partial charge on any atom is 0.401 e. The number of hydrogen-bond acceptors (Lipinski definition) is 3. The van der Waals surface area contributed by atoms with Gasteiger partial charge >= 0.3 is 6.18 Å². The topological polar surface area (TPSA) is 15.3 Å². The molecule has 0 bridgehead atoms. The third-order valence-corrected chi connectivity index (χ3v) is 3.94. The molecule has 96 valence electrons. The Balaban J connectivity index is 2.25. The molecule has 1 aliphatic heterocycles. The van der Waals surface area contributed by atoms with Crippen LogP contribution in [0, 0.1) is 0 Å². The molecule has 6 heteroatoms. The maximum absolute atomic E-state index is 11.9. The maximum atomic E-state index is 11.9. The van der Waals surface area contributed by atoms with Crippen LogP contribution in [0.3, 0.4) is 0 Å². The zero-order chi connectivity index (χ0) is 12.2. The molecule has 0 saturated carbocycles. The molecule has 1 rings (SSSR count). The van der Waals surface area contributed by atoms with Crippen LogP contribution in [0.2, 0.25) is 0 Å². The van der Waals surface area contributed by atoms with Crippen molar-refractivity contribution in [2.24, 2.45) is 0 Å². The largest absolute Gasteiger partial charge is 0.401 e. The molecule has 1 saturated heterocycles. The molecule has 0 radical (unpaired) electrons. The van der Waals surface area contributed by atoms with Gasteiger partial charge in [-0.1, -0.05) is 0 Å². The lowest BCUT2D eigenvalue weighted by atomic mass is 10.2. The number of halogens is 3. The smallest absolute Gasteiger partial charge is 0.307 e. The summed E-state index contributed by atoms with van der Waals surface area (Å²) in [5.74, 6) is 2.15. The van der Waals surface area contributed by atoms with E-state index < -0.39 is 12.7 Å². The summed E-state index contributed by atoms with van der Waals surface area (Å²) < 4.78 is 35.8. The van der Waals surface area contributed by atoms with Gasteiger partial charge in [-0.2, -0.15) is 24.9 Å². The van der Waals surface area contributed by atoms with Gasteiger partial charge in [0.2, 0.25) is 0 Å². The lowest BCUT2D eigenvalue weighted by Crippen LogP contribution is -2.50. The van der Waals surface area contributed by atoms with E-state index in [0.717, 1.165) is 18.1 Å². The summed E-state index contributed by atoms with van der Waals surface area (Å²) in [6.07, 6.45) is -4.11. The van der Waals surface area contributed by atoms with Crippen molar-refractivity contribution in [3.63, 3.8) is 0 Å². The first-order valence-electron chi connectivity index (χ1n) is 5.51. The van der Waals surface area contributed by atoms with Crippen LogP contribution in [-0.2, 0) is 0 Å². The van der Waals surface area contributed by atoms with Gasteiger partial charge < -0.3 is 5.32 Å². The molecule has 1 heterocycles. The SMILES string of the molecule is CC(CNCC(F)(F)F)N1CCSCC1C. The molecular weight excluding hydrogens is 237 g/mol. The predicted molar refractivity (Wildman–Crippen MR) is 61.9 cm³/mol. The van der Waals surface area contributed by atoms with Crippen LogP contribution >= 0.6 is 11.8 Å². The van der Waals surface area contributed by atoms with E-state index in [0.29, 0.717) is 12.6 Å². The van der Waals surface area contributed by atoms with Crippen LogP contribution in [0.25, 0.3) is 0 Å². The number of nitrogens with zero attached hydrogens (tertiary/aromatic N) is 1. The number of alkyl halides is 3. The molecule has 1 N–H and O–H groups in total. The molecule has 2 nitrogen and oxygen atoms in total. The molecule has 2 unspecified atom stereocenters. The summed E-state index contributed by atoms with van der Waals surface area (Å²) in [7, 11) is 0. The van der Waals surface area contributed by atoms with Crippen molar-refractivity contribution in [3.05, 3.63) is 0 Å². The van der Waals surface area contributed by atoms with Gasteiger partial charge in [-0.05, 0) is 13.8 Å². The number of rotatable bonds is 4. The number of hydrogen-bond donors (Lipinski definition) is 1. The van der Waals surface area contributed by atoms with Crippen LogP contribution in [0.4, 0.5) is 13.2 Å². The average Bonchev–Trinajstić information content (AvgIpc) is 2.16. The summed E-state index contributed by atoms with van der Waals surface area (Å²) in [4.78, 5) is 2.28. The summed E-state index contributed by atoms with van der Waals surface area (Å²) in [5, 5.41) is 2.47. The second kappa shape index (κ2) is 6.12. The van der Waals surface area contributed by atoms with Gasteiger partial charge in [0.05, 0.1) is 6.54 Å². The fraction of sp³-hybridized carbons (Fsp3) is 1.00. The third kappa shape index (κ3) is 4.93. The highest BCUT2D eigenvalue weighted by Crippen LogP contribution is 2.18. The summed E-state index contributed by atoms with van der Waals surface area (Å²) in [6.45, 7) is 4.59. The molecule has 0 aliphatic carbocycles. The summed E-state index contributed by atoms with van der Waals surface area (Å²) >= 11 is 1.91. The Bertz CT molecular complexity index is 211. The minimum Gasteiger partial charge on any atom is -0.307 e. The minimum absolute atomic E-state index is 0.165. The Morgan fingerprint density at radius 3 is 2.75 bits per heavy atom. The van der Waals surface area contributed by atoms with Crippen molar-refractivity contribution in [3.8, 4) is 0 Å². The van der Waals surface area contributed by atoms with Crippen molar-refractivity contribution in [1.82, 2.24) is 10.2 Å². The Labute approximate surface area is 98.9 Å². The van der Waals surface area contributed by atoms with Gasteiger partial charge in [0, 0.05) is 36.7 Å². The summed E-state index contributed by atoms with van der Waals surface area (Å²) in [5.41, 5.74) is 0. The fourth-order valence-electron chi connectivity index (χ4n) is 1.93. The number of nitrogens with one attached hydrogen (secondary N) is 1. The highest BCUT2D eigenvalue weighted by Gasteiger charge is 2.28. The highest BCUT2D eigenvalue weighted by atomic mass is 32.2. The van der Waals surface area contributed by atoms with Crippen molar-refractivity contribution < 1.29 is 13.2 Å². The Morgan fingerprint density at radius 1 is 1.50 bits per heavy atom. The zero-order valence-electron chi connectivity index (χ0n) is 9.68. The molecule has 0 aromatic carbocycles. The molecule has 0 amide bonds. The van der Waals surface area contributed by atoms with Crippen molar-refractivity contribution in [1.29, 1.82) is 0 Å². The second-order valence-corrected chi connectivity index (χ2v) is 5.41. The highest BCUT2D eigenvalue weighted by molar-refractivity contribution is 7.99. The Morgan fingerprint density at radius 2 is 2.19 bits per heavy atom. The molecule has 0 aromatic heterocycles. The van der Waals surface area contributed by atoms with Gasteiger partial charge in [0.15, 0.2) is 0 Å². The standard InChI is InChI=1S/C10H19F3N2S/c1-8(5-14-7-10(11,12)13)15-3-4-16-6-9(15)2/h8-9,14H,3-7H2,1-2H3. The molecule has 0 spiro atoms. The van der Waals surface area contributed by atoms with Crippen LogP contribution in [0.1, 0.15) is 13.8 Å². The van der Waals surface area contributed by atoms with Gasteiger partial charge in [-0.3, -0.25) is 4.90 Å². The quantitative estimate of drug-likeness (QED) is 0.828. The third-order valence-electron chi connectivity index (χ3n) is 2.75. The second-order valence-electron chi connectivity index (χ2n) is 4.26. The van der Waals surface area contributed by atoms with E-state index in [1.165, 1.54) is 0 Å². The van der Waals surface area contributed by atoms with Crippen molar-refractivity contribution >= 4 is 11.8 Å². The molecule has 16 heavy (non-hydrogen) atoms. The van der Waals surface area contributed by atoms with Crippen LogP contribution in [0.15, 0.2) is 0 Å². The Hall–Kier alpha value is 0.0600. The van der Waals surface area contributed by atoms with E-state index in [1.807, 2.05) is 18.7 Å². The van der Waals surface area contributed by atoms with E-state index in [9.17, 15) is 13.2 Å². The predicted octanol–water partition coefficient (Wildman–Crippen LogP) is 1.96. The summed E-state index contributed by atoms with van der Waals surface area (Å²) in [6, 6.07) is 0.625. The van der Waals surface area contributed by atoms with E-state index >= 15 is 0 Å². The average molecular weight is 256 g/mol. The van der Waals surface area contributed by atoms with Crippen molar-refractivity contribution in [2.75, 3.05) is 31.1 Å². The zero-order valence-corrected chi connectivity index (χ0v) is 10.5. The molecule has 0 aromatic rings. The lowest BCUT2D eigenvalue weighted by Gasteiger charge is -2.37. The lowest BCUT2D eigenvalue weighted by molar-refractivity contribution is -0.125. The number of thioether (sulfide) groups is 1. The van der Waals surface area contributed by atoms with Crippen molar-refractivity contribution in [2.45, 2.75) is 32.1 Å². The van der Waals surface area contributed by atoms with E-state index in [2.05, 4.69) is 17.1 Å². The molecule has 1 aliphatic rings. The first-order chi connectivity index (χ1) is 7.40. The van der Waals surface area contributed by atoms with Crippen LogP contribution < -0.4 is 5.32 Å². The first-order valence-corrected chi connectivity index (χ1v) is 6.66. The molecular formula is C10H19F3N2S. The van der Waals surface area contributed by atoms with E-state index in [-0.39, 0.29) is 6.04 Å². The van der Waals surface area contributed by atoms with Crippen LogP contribution in [-0.4, -0.2) is 54.3 Å². The molecule has 2 atom stereocenters. The first kappa shape index (κ1) is 14.1.